The fraction of sp³-hybridized carbons (Fsp3) is 0.350. The molecule has 0 fully saturated rings. The summed E-state index contributed by atoms with van der Waals surface area (Å²) in [6, 6.07) is 13.4. The molecule has 0 aliphatic rings. The highest BCUT2D eigenvalue weighted by Crippen LogP contribution is 2.22. The first-order chi connectivity index (χ1) is 13.7. The average molecular weight is 417 g/mol. The molecule has 1 amide bonds. The molecular formula is C20H24N4O2S2. The number of carbonyl (C=O) groups excluding carboxylic acids is 1. The van der Waals surface area contributed by atoms with E-state index in [0.717, 1.165) is 34.3 Å². The van der Waals surface area contributed by atoms with Gasteiger partial charge in [-0.05, 0) is 61.8 Å². The van der Waals surface area contributed by atoms with Crippen LogP contribution in [0, 0.1) is 0 Å². The van der Waals surface area contributed by atoms with E-state index in [9.17, 15) is 4.79 Å². The van der Waals surface area contributed by atoms with E-state index in [1.165, 1.54) is 11.8 Å². The lowest BCUT2D eigenvalue weighted by Crippen LogP contribution is -2.31. The average Bonchev–Trinajstić information content (AvgIpc) is 3.15. The molecule has 0 saturated heterocycles. The van der Waals surface area contributed by atoms with Crippen LogP contribution in [-0.2, 0) is 4.79 Å². The van der Waals surface area contributed by atoms with Crippen molar-refractivity contribution in [2.45, 2.75) is 24.3 Å². The molecule has 0 saturated carbocycles. The molecule has 148 valence electrons. The normalized spacial score (nSPS) is 12.1. The van der Waals surface area contributed by atoms with E-state index < -0.39 is 0 Å². The van der Waals surface area contributed by atoms with Crippen molar-refractivity contribution < 1.29 is 9.53 Å². The number of nitrogens with one attached hydrogen (secondary N) is 1. The van der Waals surface area contributed by atoms with E-state index in [2.05, 4.69) is 21.8 Å². The van der Waals surface area contributed by atoms with E-state index in [-0.39, 0.29) is 11.9 Å². The molecule has 8 heteroatoms. The maximum absolute atomic E-state index is 12.6. The number of rotatable bonds is 10. The molecule has 0 aliphatic carbocycles. The summed E-state index contributed by atoms with van der Waals surface area (Å²) >= 11 is 3.26. The van der Waals surface area contributed by atoms with Crippen molar-refractivity contribution >= 4 is 35.1 Å². The highest BCUT2D eigenvalue weighted by Gasteiger charge is 2.20. The Morgan fingerprint density at radius 3 is 2.79 bits per heavy atom. The van der Waals surface area contributed by atoms with Crippen molar-refractivity contribution in [3.05, 3.63) is 54.5 Å². The fourth-order valence-corrected chi connectivity index (χ4v) is 3.96. The van der Waals surface area contributed by atoms with Gasteiger partial charge >= 0.3 is 0 Å². The quantitative estimate of drug-likeness (QED) is 0.507. The zero-order valence-corrected chi connectivity index (χ0v) is 17.6. The minimum Gasteiger partial charge on any atom is -0.494 e. The Balaban J connectivity index is 1.63. The van der Waals surface area contributed by atoms with E-state index >= 15 is 0 Å². The largest absolute Gasteiger partial charge is 0.494 e. The van der Waals surface area contributed by atoms with Crippen LogP contribution in [0.1, 0.15) is 25.2 Å². The molecule has 1 N–H and O–H groups in total. The van der Waals surface area contributed by atoms with Gasteiger partial charge in [0.15, 0.2) is 11.5 Å². The first-order valence-corrected chi connectivity index (χ1v) is 11.5. The van der Waals surface area contributed by atoms with Crippen molar-refractivity contribution in [2.75, 3.05) is 24.4 Å². The van der Waals surface area contributed by atoms with Crippen LogP contribution in [0.5, 0.6) is 5.75 Å². The highest BCUT2D eigenvalue weighted by molar-refractivity contribution is 8.00. The molecule has 0 radical (unpaired) electrons. The van der Waals surface area contributed by atoms with Crippen LogP contribution < -0.4 is 10.1 Å². The van der Waals surface area contributed by atoms with Crippen LogP contribution in [-0.4, -0.2) is 44.9 Å². The molecule has 1 unspecified atom stereocenters. The van der Waals surface area contributed by atoms with Crippen LogP contribution in [0.25, 0.3) is 5.65 Å². The summed E-state index contributed by atoms with van der Waals surface area (Å²) in [7, 11) is 0. The predicted octanol–water partition coefficient (Wildman–Crippen LogP) is 3.83. The Labute approximate surface area is 173 Å². The Bertz CT molecular complexity index is 899. The first kappa shape index (κ1) is 20.5. The van der Waals surface area contributed by atoms with Crippen LogP contribution >= 0.6 is 23.5 Å². The molecule has 1 atom stereocenters. The second kappa shape index (κ2) is 10.4. The molecule has 3 rings (SSSR count). The first-order valence-electron chi connectivity index (χ1n) is 9.15. The van der Waals surface area contributed by atoms with Gasteiger partial charge in [-0.2, -0.15) is 11.8 Å². The maximum Gasteiger partial charge on any atom is 0.230 e. The van der Waals surface area contributed by atoms with Crippen molar-refractivity contribution in [2.24, 2.45) is 0 Å². The number of carbonyl (C=O) groups is 1. The lowest BCUT2D eigenvalue weighted by molar-refractivity contribution is -0.119. The Kier molecular flexibility index (Phi) is 7.62. The van der Waals surface area contributed by atoms with Crippen molar-refractivity contribution in [1.29, 1.82) is 0 Å². The molecular weight excluding hydrogens is 392 g/mol. The standard InChI is InChI=1S/C20H24N4O2S2/c1-3-26-15-7-9-16(10-8-15)28-14-19(25)21-17(11-13-27-2)20-23-22-18-6-4-5-12-24(18)20/h4-10,12,17H,3,11,13-14H2,1-2H3,(H,21,25). The van der Waals surface area contributed by atoms with E-state index in [1.54, 1.807) is 11.8 Å². The summed E-state index contributed by atoms with van der Waals surface area (Å²) in [5.74, 6) is 2.87. The number of aromatic nitrogens is 3. The third-order valence-corrected chi connectivity index (χ3v) is 5.76. The molecule has 0 spiro atoms. The summed E-state index contributed by atoms with van der Waals surface area (Å²) in [6.07, 6.45) is 4.79. The molecule has 6 nitrogen and oxygen atoms in total. The van der Waals surface area contributed by atoms with Gasteiger partial charge in [0.05, 0.1) is 18.4 Å². The molecule has 3 aromatic rings. The summed E-state index contributed by atoms with van der Waals surface area (Å²) in [5.41, 5.74) is 0.782. The predicted molar refractivity (Wildman–Crippen MR) is 115 cm³/mol. The third-order valence-electron chi connectivity index (χ3n) is 4.10. The minimum absolute atomic E-state index is 0.0160. The second-order valence-corrected chi connectivity index (χ2v) is 8.12. The number of hydrogen-bond acceptors (Lipinski definition) is 6. The number of fused-ring (bicyclic) bond motifs is 1. The number of pyridine rings is 1. The molecule has 0 bridgehead atoms. The molecule has 28 heavy (non-hydrogen) atoms. The second-order valence-electron chi connectivity index (χ2n) is 6.08. The van der Waals surface area contributed by atoms with Crippen LogP contribution in [0.15, 0.2) is 53.6 Å². The summed E-state index contributed by atoms with van der Waals surface area (Å²) in [4.78, 5) is 13.6. The van der Waals surface area contributed by atoms with Gasteiger partial charge in [-0.15, -0.1) is 22.0 Å². The molecule has 2 aromatic heterocycles. The fourth-order valence-electron chi connectivity index (χ4n) is 2.78. The molecule has 1 aromatic carbocycles. The third kappa shape index (κ3) is 5.42. The van der Waals surface area contributed by atoms with Crippen molar-refractivity contribution in [1.82, 2.24) is 19.9 Å². The van der Waals surface area contributed by atoms with Crippen molar-refractivity contribution in [3.63, 3.8) is 0 Å². The lowest BCUT2D eigenvalue weighted by Gasteiger charge is -2.17. The molecule has 0 aliphatic heterocycles. The smallest absolute Gasteiger partial charge is 0.230 e. The van der Waals surface area contributed by atoms with Gasteiger partial charge < -0.3 is 10.1 Å². The molecule has 2 heterocycles. The highest BCUT2D eigenvalue weighted by atomic mass is 32.2. The minimum atomic E-state index is -0.168. The van der Waals surface area contributed by atoms with Gasteiger partial charge in [-0.3, -0.25) is 9.20 Å². The lowest BCUT2D eigenvalue weighted by atomic mass is 10.2. The monoisotopic (exact) mass is 416 g/mol. The Morgan fingerprint density at radius 1 is 1.21 bits per heavy atom. The summed E-state index contributed by atoms with van der Waals surface area (Å²) in [5, 5.41) is 11.7. The number of ether oxygens (including phenoxy) is 1. The summed E-state index contributed by atoms with van der Waals surface area (Å²) < 4.78 is 7.38. The number of thioether (sulfide) groups is 2. The van der Waals surface area contributed by atoms with Gasteiger partial charge in [0.1, 0.15) is 5.75 Å². The van der Waals surface area contributed by atoms with Crippen LogP contribution in [0.4, 0.5) is 0 Å². The van der Waals surface area contributed by atoms with Gasteiger partial charge in [0.2, 0.25) is 5.91 Å². The topological polar surface area (TPSA) is 68.5 Å². The van der Waals surface area contributed by atoms with Gasteiger partial charge in [0, 0.05) is 11.1 Å². The number of amides is 1. The number of benzene rings is 1. The van der Waals surface area contributed by atoms with Gasteiger partial charge in [-0.25, -0.2) is 0 Å². The maximum atomic E-state index is 12.6. The van der Waals surface area contributed by atoms with E-state index in [1.807, 2.05) is 60.0 Å². The summed E-state index contributed by atoms with van der Waals surface area (Å²) in [6.45, 7) is 2.60. The van der Waals surface area contributed by atoms with Gasteiger partial charge in [-0.1, -0.05) is 6.07 Å². The number of hydrogen-bond donors (Lipinski definition) is 1. The van der Waals surface area contributed by atoms with E-state index in [4.69, 9.17) is 4.74 Å². The Hall–Kier alpha value is -2.19. The Morgan fingerprint density at radius 2 is 2.04 bits per heavy atom. The zero-order valence-electron chi connectivity index (χ0n) is 16.0. The van der Waals surface area contributed by atoms with Crippen LogP contribution in [0.3, 0.4) is 0 Å². The zero-order chi connectivity index (χ0) is 19.8. The van der Waals surface area contributed by atoms with Gasteiger partial charge in [0.25, 0.3) is 0 Å². The van der Waals surface area contributed by atoms with Crippen LogP contribution in [0.2, 0.25) is 0 Å². The number of nitrogens with zero attached hydrogens (tertiary/aromatic N) is 3. The van der Waals surface area contributed by atoms with Crippen molar-refractivity contribution in [3.8, 4) is 5.75 Å². The van der Waals surface area contributed by atoms with E-state index in [0.29, 0.717) is 12.4 Å². The SMILES string of the molecule is CCOc1ccc(SCC(=O)NC(CCSC)c2nnc3ccccn23)cc1.